The van der Waals surface area contributed by atoms with Gasteiger partial charge in [-0.1, -0.05) is 0 Å². The lowest BCUT2D eigenvalue weighted by atomic mass is 10.0. The zero-order valence-electron chi connectivity index (χ0n) is 14.0. The number of fused-ring (bicyclic) bond motifs is 1. The smallest absolute Gasteiger partial charge is 0.407 e. The number of carbonyl (C=O) groups excluding carboxylic acids is 1. The van der Waals surface area contributed by atoms with Gasteiger partial charge >= 0.3 is 6.09 Å². The van der Waals surface area contributed by atoms with Crippen molar-refractivity contribution >= 4 is 17.0 Å². The first-order valence-corrected chi connectivity index (χ1v) is 8.16. The van der Waals surface area contributed by atoms with Gasteiger partial charge in [0.05, 0.1) is 12.1 Å². The summed E-state index contributed by atoms with van der Waals surface area (Å²) in [5.74, 6) is -0.354. The molecule has 8 heteroatoms. The van der Waals surface area contributed by atoms with E-state index in [2.05, 4.69) is 10.6 Å². The number of ether oxygens (including phenoxy) is 1. The Morgan fingerprint density at radius 3 is 2.92 bits per heavy atom. The third-order valence-electron chi connectivity index (χ3n) is 4.43. The van der Waals surface area contributed by atoms with Gasteiger partial charge in [-0.25, -0.2) is 9.18 Å². The van der Waals surface area contributed by atoms with E-state index in [1.807, 2.05) is 0 Å². The van der Waals surface area contributed by atoms with Crippen molar-refractivity contribution in [2.45, 2.75) is 19.1 Å². The number of benzene rings is 1. The summed E-state index contributed by atoms with van der Waals surface area (Å²) >= 11 is 0. The molecule has 4 N–H and O–H groups in total. The second-order valence-electron chi connectivity index (χ2n) is 6.06. The van der Waals surface area contributed by atoms with Crippen molar-refractivity contribution in [1.82, 2.24) is 15.2 Å². The maximum atomic E-state index is 14.4. The molecule has 1 aromatic carbocycles. The molecule has 7 nitrogen and oxygen atoms in total. The van der Waals surface area contributed by atoms with Gasteiger partial charge in [-0.05, 0) is 30.7 Å². The molecule has 134 valence electrons. The van der Waals surface area contributed by atoms with E-state index >= 15 is 0 Å². The van der Waals surface area contributed by atoms with Gasteiger partial charge in [0.1, 0.15) is 11.9 Å². The van der Waals surface area contributed by atoms with Crippen molar-refractivity contribution in [2.75, 3.05) is 19.6 Å². The SMILES string of the molecule is Cn1c(=O)cc(CN)c2ccc(F)c(CCNCC3CNC(=O)O3)c21. The van der Waals surface area contributed by atoms with Gasteiger partial charge in [0, 0.05) is 37.2 Å². The van der Waals surface area contributed by atoms with Gasteiger partial charge in [-0.2, -0.15) is 0 Å². The fraction of sp³-hybridized carbons (Fsp3) is 0.412. The van der Waals surface area contributed by atoms with Crippen molar-refractivity contribution in [3.8, 4) is 0 Å². The second kappa shape index (κ2) is 7.20. The molecule has 0 spiro atoms. The minimum Gasteiger partial charge on any atom is -0.443 e. The number of hydrogen-bond donors (Lipinski definition) is 3. The predicted molar refractivity (Wildman–Crippen MR) is 91.9 cm³/mol. The number of alkyl carbamates (subject to hydrolysis) is 1. The summed E-state index contributed by atoms with van der Waals surface area (Å²) in [6.45, 7) is 1.65. The molecule has 1 saturated heterocycles. The summed E-state index contributed by atoms with van der Waals surface area (Å²) in [6, 6.07) is 4.56. The lowest BCUT2D eigenvalue weighted by molar-refractivity contribution is 0.139. The van der Waals surface area contributed by atoms with Crippen LogP contribution in [0.15, 0.2) is 23.0 Å². The molecular formula is C17H21FN4O3. The van der Waals surface area contributed by atoms with Crippen LogP contribution >= 0.6 is 0 Å². The maximum absolute atomic E-state index is 14.4. The van der Waals surface area contributed by atoms with Crippen molar-refractivity contribution in [1.29, 1.82) is 0 Å². The molecule has 0 radical (unpaired) electrons. The van der Waals surface area contributed by atoms with E-state index in [1.165, 1.54) is 16.7 Å². The molecule has 0 aliphatic carbocycles. The average Bonchev–Trinajstić information content (AvgIpc) is 3.01. The van der Waals surface area contributed by atoms with Gasteiger partial charge in [0.15, 0.2) is 0 Å². The number of amides is 1. The minimum absolute atomic E-state index is 0.211. The number of nitrogens with zero attached hydrogens (tertiary/aromatic N) is 1. The molecule has 1 unspecified atom stereocenters. The first-order chi connectivity index (χ1) is 12.0. The molecule has 1 amide bonds. The molecule has 1 aliphatic heterocycles. The third kappa shape index (κ3) is 3.49. The van der Waals surface area contributed by atoms with Crippen LogP contribution in [-0.2, 0) is 24.8 Å². The van der Waals surface area contributed by atoms with Gasteiger partial charge < -0.3 is 25.7 Å². The van der Waals surface area contributed by atoms with Crippen LogP contribution in [0.4, 0.5) is 9.18 Å². The first-order valence-electron chi connectivity index (χ1n) is 8.16. The topological polar surface area (TPSA) is 98.4 Å². The zero-order chi connectivity index (χ0) is 18.0. The van der Waals surface area contributed by atoms with Crippen LogP contribution in [0.3, 0.4) is 0 Å². The Morgan fingerprint density at radius 2 is 2.24 bits per heavy atom. The number of pyridine rings is 1. The lowest BCUT2D eigenvalue weighted by Gasteiger charge is -2.15. The van der Waals surface area contributed by atoms with Crippen LogP contribution in [0.1, 0.15) is 11.1 Å². The molecule has 1 atom stereocenters. The van der Waals surface area contributed by atoms with Gasteiger partial charge in [0.2, 0.25) is 0 Å². The Morgan fingerprint density at radius 1 is 1.44 bits per heavy atom. The largest absolute Gasteiger partial charge is 0.443 e. The number of aryl methyl sites for hydroxylation is 1. The summed E-state index contributed by atoms with van der Waals surface area (Å²) in [5.41, 5.74) is 7.26. The summed E-state index contributed by atoms with van der Waals surface area (Å²) in [7, 11) is 1.63. The summed E-state index contributed by atoms with van der Waals surface area (Å²) in [5, 5.41) is 6.52. The average molecular weight is 348 g/mol. The Hall–Kier alpha value is -2.45. The van der Waals surface area contributed by atoms with E-state index in [0.717, 1.165) is 5.39 Å². The molecule has 2 heterocycles. The summed E-state index contributed by atoms with van der Waals surface area (Å²) in [4.78, 5) is 23.1. The highest BCUT2D eigenvalue weighted by Gasteiger charge is 2.21. The van der Waals surface area contributed by atoms with Crippen LogP contribution in [0.5, 0.6) is 0 Å². The molecule has 25 heavy (non-hydrogen) atoms. The number of nitrogens with one attached hydrogen (secondary N) is 2. The number of carbonyl (C=O) groups is 1. The van der Waals surface area contributed by atoms with Crippen molar-refractivity contribution < 1.29 is 13.9 Å². The van der Waals surface area contributed by atoms with Crippen molar-refractivity contribution in [3.63, 3.8) is 0 Å². The summed E-state index contributed by atoms with van der Waals surface area (Å²) in [6.07, 6.45) is -0.243. The van der Waals surface area contributed by atoms with Crippen LogP contribution < -0.4 is 21.9 Å². The van der Waals surface area contributed by atoms with Gasteiger partial charge in [-0.3, -0.25) is 4.79 Å². The Bertz CT molecular complexity index is 865. The number of hydrogen-bond acceptors (Lipinski definition) is 5. The highest BCUT2D eigenvalue weighted by molar-refractivity contribution is 5.85. The number of aromatic nitrogens is 1. The Kier molecular flexibility index (Phi) is 5.00. The molecule has 0 bridgehead atoms. The van der Waals surface area contributed by atoms with Crippen LogP contribution in [0.2, 0.25) is 0 Å². The monoisotopic (exact) mass is 348 g/mol. The molecule has 1 aliphatic rings. The van der Waals surface area contributed by atoms with Crippen molar-refractivity contribution in [3.05, 3.63) is 45.5 Å². The third-order valence-corrected chi connectivity index (χ3v) is 4.43. The number of rotatable bonds is 6. The molecule has 3 rings (SSSR count). The highest BCUT2D eigenvalue weighted by atomic mass is 19.1. The fourth-order valence-corrected chi connectivity index (χ4v) is 3.12. The van der Waals surface area contributed by atoms with E-state index in [-0.39, 0.29) is 24.0 Å². The van der Waals surface area contributed by atoms with E-state index < -0.39 is 6.09 Å². The molecule has 0 saturated carbocycles. The quantitative estimate of drug-likeness (QED) is 0.656. The van der Waals surface area contributed by atoms with Gasteiger partial charge in [0.25, 0.3) is 5.56 Å². The number of halogens is 1. The second-order valence-corrected chi connectivity index (χ2v) is 6.06. The lowest BCUT2D eigenvalue weighted by Crippen LogP contribution is -2.31. The van der Waals surface area contributed by atoms with E-state index in [0.29, 0.717) is 42.7 Å². The number of nitrogens with two attached hydrogens (primary N) is 1. The molecular weight excluding hydrogens is 327 g/mol. The van der Waals surface area contributed by atoms with E-state index in [1.54, 1.807) is 13.1 Å². The Labute approximate surface area is 143 Å². The molecule has 1 fully saturated rings. The van der Waals surface area contributed by atoms with Gasteiger partial charge in [-0.15, -0.1) is 0 Å². The minimum atomic E-state index is -0.420. The van der Waals surface area contributed by atoms with Crippen LogP contribution in [0, 0.1) is 5.82 Å². The fourth-order valence-electron chi connectivity index (χ4n) is 3.12. The zero-order valence-corrected chi connectivity index (χ0v) is 14.0. The predicted octanol–water partition coefficient (Wildman–Crippen LogP) is 0.377. The van der Waals surface area contributed by atoms with E-state index in [9.17, 15) is 14.0 Å². The standard InChI is InChI=1S/C17H21FN4O3/c1-22-15(23)6-10(7-19)12-2-3-14(18)13(16(12)22)4-5-20-8-11-9-21-17(24)25-11/h2-3,6,11,20H,4-5,7-9,19H2,1H3,(H,21,24). The molecule has 1 aromatic heterocycles. The van der Waals surface area contributed by atoms with E-state index in [4.69, 9.17) is 10.5 Å². The Balaban J connectivity index is 1.80. The highest BCUT2D eigenvalue weighted by Crippen LogP contribution is 2.23. The van der Waals surface area contributed by atoms with Crippen LogP contribution in [0.25, 0.3) is 10.9 Å². The first kappa shape index (κ1) is 17.4. The van der Waals surface area contributed by atoms with Crippen molar-refractivity contribution in [2.24, 2.45) is 12.8 Å². The normalized spacial score (nSPS) is 16.9. The number of cyclic esters (lactones) is 1. The summed E-state index contributed by atoms with van der Waals surface area (Å²) < 4.78 is 20.9. The molecule has 2 aromatic rings. The maximum Gasteiger partial charge on any atom is 0.407 e. The van der Waals surface area contributed by atoms with Crippen LogP contribution in [-0.4, -0.2) is 36.4 Å².